The second-order valence-electron chi connectivity index (χ2n) is 7.03. The largest absolute Gasteiger partial charge is 0.493 e. The molecule has 2 heteroatoms. The van der Waals surface area contributed by atoms with E-state index >= 15 is 0 Å². The van der Waals surface area contributed by atoms with Gasteiger partial charge in [0.05, 0.1) is 6.61 Å². The van der Waals surface area contributed by atoms with Gasteiger partial charge < -0.3 is 4.74 Å². The molecule has 0 atom stereocenters. The topological polar surface area (TPSA) is 9.23 Å². The van der Waals surface area contributed by atoms with Crippen LogP contribution in [0.3, 0.4) is 0 Å². The Labute approximate surface area is 138 Å². The fourth-order valence-electron chi connectivity index (χ4n) is 3.27. The van der Waals surface area contributed by atoms with Crippen LogP contribution in [-0.2, 0) is 0 Å². The van der Waals surface area contributed by atoms with Crippen LogP contribution < -0.4 is 4.74 Å². The van der Waals surface area contributed by atoms with Crippen molar-refractivity contribution in [2.75, 3.05) is 11.9 Å². The molecule has 0 N–H and O–H groups in total. The third-order valence-corrected chi connectivity index (χ3v) is 5.96. The van der Waals surface area contributed by atoms with Gasteiger partial charge in [-0.1, -0.05) is 67.6 Å². The number of hydrogen-bond acceptors (Lipinski definition) is 1. The van der Waals surface area contributed by atoms with Gasteiger partial charge in [0.2, 0.25) is 0 Å². The Morgan fingerprint density at radius 1 is 1.14 bits per heavy atom. The predicted molar refractivity (Wildman–Crippen MR) is 94.7 cm³/mol. The summed E-state index contributed by atoms with van der Waals surface area (Å²) in [6.07, 6.45) is 8.05. The van der Waals surface area contributed by atoms with Crippen molar-refractivity contribution in [3.05, 3.63) is 29.3 Å². The maximum absolute atomic E-state index is 6.34. The maximum Gasteiger partial charge on any atom is 0.123 e. The maximum atomic E-state index is 6.34. The third-order valence-electron chi connectivity index (χ3n) is 4.77. The van der Waals surface area contributed by atoms with Gasteiger partial charge in [0.25, 0.3) is 0 Å². The average molecular weight is 353 g/mol. The van der Waals surface area contributed by atoms with E-state index in [0.29, 0.717) is 11.3 Å². The third kappa shape index (κ3) is 4.48. The number of hydrogen-bond donors (Lipinski definition) is 0. The zero-order valence-corrected chi connectivity index (χ0v) is 15.3. The van der Waals surface area contributed by atoms with E-state index in [-0.39, 0.29) is 0 Å². The van der Waals surface area contributed by atoms with E-state index in [1.807, 2.05) is 0 Å². The second kappa shape index (κ2) is 7.67. The van der Waals surface area contributed by atoms with Crippen molar-refractivity contribution in [1.82, 2.24) is 0 Å². The molecular weight excluding hydrogens is 324 g/mol. The summed E-state index contributed by atoms with van der Waals surface area (Å²) in [7, 11) is 0. The molecule has 0 aromatic heterocycles. The first kappa shape index (κ1) is 16.9. The van der Waals surface area contributed by atoms with Crippen molar-refractivity contribution < 1.29 is 4.74 Å². The molecule has 0 unspecified atom stereocenters. The lowest BCUT2D eigenvalue weighted by atomic mass is 9.83. The molecular formula is C19H29BrO. The fourth-order valence-corrected chi connectivity index (χ4v) is 3.99. The molecule has 0 saturated heterocycles. The van der Waals surface area contributed by atoms with Gasteiger partial charge in [0.1, 0.15) is 5.75 Å². The van der Waals surface area contributed by atoms with Crippen LogP contribution in [0.25, 0.3) is 0 Å². The summed E-state index contributed by atoms with van der Waals surface area (Å²) in [6.45, 7) is 7.47. The fraction of sp³-hybridized carbons (Fsp3) is 0.684. The van der Waals surface area contributed by atoms with Crippen LogP contribution in [0.2, 0.25) is 0 Å². The Hall–Kier alpha value is -0.500. The van der Waals surface area contributed by atoms with Crippen molar-refractivity contribution in [2.45, 2.75) is 65.2 Å². The summed E-state index contributed by atoms with van der Waals surface area (Å²) in [4.78, 5) is 0. The van der Waals surface area contributed by atoms with Gasteiger partial charge >= 0.3 is 0 Å². The van der Waals surface area contributed by atoms with Crippen LogP contribution in [-0.4, -0.2) is 11.9 Å². The van der Waals surface area contributed by atoms with Crippen LogP contribution in [0.15, 0.2) is 18.2 Å². The zero-order valence-electron chi connectivity index (χ0n) is 13.8. The van der Waals surface area contributed by atoms with E-state index in [0.717, 1.165) is 17.7 Å². The Balaban J connectivity index is 2.12. The minimum atomic E-state index is 0.328. The van der Waals surface area contributed by atoms with Gasteiger partial charge in [-0.2, -0.15) is 0 Å². The Morgan fingerprint density at radius 3 is 2.38 bits per heavy atom. The molecule has 21 heavy (non-hydrogen) atoms. The van der Waals surface area contributed by atoms with Crippen LogP contribution in [0.1, 0.15) is 69.4 Å². The van der Waals surface area contributed by atoms with E-state index in [1.54, 1.807) is 0 Å². The van der Waals surface area contributed by atoms with Gasteiger partial charge in [-0.3, -0.25) is 0 Å². The average Bonchev–Trinajstić information content (AvgIpc) is 2.71. The van der Waals surface area contributed by atoms with Crippen molar-refractivity contribution in [2.24, 2.45) is 5.41 Å². The van der Waals surface area contributed by atoms with E-state index in [1.165, 1.54) is 49.7 Å². The van der Waals surface area contributed by atoms with Crippen molar-refractivity contribution in [3.63, 3.8) is 0 Å². The number of benzene rings is 1. The first-order chi connectivity index (χ1) is 10.1. The summed E-state index contributed by atoms with van der Waals surface area (Å²) >= 11 is 3.76. The molecule has 0 bridgehead atoms. The molecule has 1 aliphatic carbocycles. The molecule has 1 aromatic rings. The number of rotatable bonds is 5. The van der Waals surface area contributed by atoms with Crippen LogP contribution in [0.5, 0.6) is 5.75 Å². The first-order valence-corrected chi connectivity index (χ1v) is 9.48. The zero-order chi connectivity index (χ0) is 15.3. The van der Waals surface area contributed by atoms with Crippen molar-refractivity contribution >= 4 is 15.9 Å². The SMILES string of the molecule is Cc1ccc(C(C)C)c(OCC2(CBr)CCCCCC2)c1. The standard InChI is InChI=1S/C19H29BrO/c1-15(2)17-9-8-16(3)12-18(17)21-14-19(13-20)10-6-4-5-7-11-19/h8-9,12,15H,4-7,10-11,13-14H2,1-3H3. The highest BCUT2D eigenvalue weighted by atomic mass is 79.9. The number of aryl methyl sites for hydroxylation is 1. The van der Waals surface area contributed by atoms with Gasteiger partial charge in [-0.15, -0.1) is 0 Å². The highest BCUT2D eigenvalue weighted by molar-refractivity contribution is 9.09. The Bertz CT molecular complexity index is 445. The molecule has 1 aliphatic rings. The lowest BCUT2D eigenvalue weighted by Gasteiger charge is -2.31. The summed E-state index contributed by atoms with van der Waals surface area (Å²) in [6, 6.07) is 6.62. The van der Waals surface area contributed by atoms with E-state index in [9.17, 15) is 0 Å². The molecule has 1 fully saturated rings. The summed E-state index contributed by atoms with van der Waals surface area (Å²) < 4.78 is 6.34. The number of halogens is 1. The molecule has 1 saturated carbocycles. The summed E-state index contributed by atoms with van der Waals surface area (Å²) in [5.74, 6) is 1.60. The number of alkyl halides is 1. The van der Waals surface area contributed by atoms with Gasteiger partial charge in [-0.05, 0) is 42.9 Å². The molecule has 0 radical (unpaired) electrons. The lowest BCUT2D eigenvalue weighted by Crippen LogP contribution is -2.30. The molecule has 118 valence electrons. The molecule has 1 nitrogen and oxygen atoms in total. The van der Waals surface area contributed by atoms with Crippen LogP contribution in [0.4, 0.5) is 0 Å². The van der Waals surface area contributed by atoms with E-state index in [4.69, 9.17) is 4.74 Å². The van der Waals surface area contributed by atoms with Crippen molar-refractivity contribution in [3.8, 4) is 5.75 Å². The Kier molecular flexibility index (Phi) is 6.16. The minimum Gasteiger partial charge on any atom is -0.493 e. The Morgan fingerprint density at radius 2 is 1.81 bits per heavy atom. The molecule has 0 spiro atoms. The predicted octanol–water partition coefficient (Wildman–Crippen LogP) is 6.23. The number of ether oxygens (including phenoxy) is 1. The summed E-state index contributed by atoms with van der Waals surface area (Å²) in [5, 5.41) is 1.06. The highest BCUT2D eigenvalue weighted by Gasteiger charge is 2.31. The smallest absolute Gasteiger partial charge is 0.123 e. The van der Waals surface area contributed by atoms with E-state index in [2.05, 4.69) is 54.9 Å². The molecule has 1 aromatic carbocycles. The molecule has 2 rings (SSSR count). The molecule has 0 heterocycles. The van der Waals surface area contributed by atoms with Crippen LogP contribution in [0, 0.1) is 12.3 Å². The quantitative estimate of drug-likeness (QED) is 0.450. The lowest BCUT2D eigenvalue weighted by molar-refractivity contribution is 0.148. The van der Waals surface area contributed by atoms with Gasteiger partial charge in [-0.25, -0.2) is 0 Å². The minimum absolute atomic E-state index is 0.328. The van der Waals surface area contributed by atoms with Gasteiger partial charge in [0, 0.05) is 10.7 Å². The normalized spacial score (nSPS) is 18.5. The first-order valence-electron chi connectivity index (χ1n) is 8.36. The van der Waals surface area contributed by atoms with Gasteiger partial charge in [0.15, 0.2) is 0 Å². The van der Waals surface area contributed by atoms with Crippen molar-refractivity contribution in [1.29, 1.82) is 0 Å². The van der Waals surface area contributed by atoms with Crippen LogP contribution >= 0.6 is 15.9 Å². The molecule has 0 aliphatic heterocycles. The monoisotopic (exact) mass is 352 g/mol. The second-order valence-corrected chi connectivity index (χ2v) is 7.59. The highest BCUT2D eigenvalue weighted by Crippen LogP contribution is 2.38. The molecule has 0 amide bonds. The summed E-state index contributed by atoms with van der Waals surface area (Å²) in [5.41, 5.74) is 2.94. The van der Waals surface area contributed by atoms with E-state index < -0.39 is 0 Å².